The number of hydrogen-bond donors (Lipinski definition) is 1. The first kappa shape index (κ1) is 25.6. The van der Waals surface area contributed by atoms with Crippen molar-refractivity contribution in [2.24, 2.45) is 0 Å². The maximum absolute atomic E-state index is 13.1. The molecule has 0 radical (unpaired) electrons. The summed E-state index contributed by atoms with van der Waals surface area (Å²) in [6.07, 6.45) is 3.64. The van der Waals surface area contributed by atoms with Crippen molar-refractivity contribution in [3.8, 4) is 0 Å². The molecule has 1 aliphatic heterocycles. The lowest BCUT2D eigenvalue weighted by Crippen LogP contribution is -2.49. The summed E-state index contributed by atoms with van der Waals surface area (Å²) in [5, 5.41) is 14.1. The Hall–Kier alpha value is -2.98. The summed E-state index contributed by atoms with van der Waals surface area (Å²) in [6, 6.07) is 11.0. The van der Waals surface area contributed by atoms with Gasteiger partial charge in [0.1, 0.15) is 6.04 Å². The number of nitrogens with zero attached hydrogens (tertiary/aromatic N) is 3. The van der Waals surface area contributed by atoms with Gasteiger partial charge in [-0.3, -0.25) is 24.1 Å². The van der Waals surface area contributed by atoms with Crippen molar-refractivity contribution in [1.82, 2.24) is 10.2 Å². The van der Waals surface area contributed by atoms with Crippen molar-refractivity contribution in [3.05, 3.63) is 69.3 Å². The van der Waals surface area contributed by atoms with Crippen LogP contribution in [0.15, 0.2) is 42.5 Å². The quantitative estimate of drug-likeness (QED) is 0.405. The minimum Gasteiger partial charge on any atom is -0.350 e. The number of sulfonamides is 1. The lowest BCUT2D eigenvalue weighted by molar-refractivity contribution is -0.384. The van der Waals surface area contributed by atoms with Gasteiger partial charge in [0.05, 0.1) is 16.9 Å². The molecule has 0 aliphatic carbocycles. The SMILES string of the molecule is CCC(C(=O)NCc1cccc(CN2CCCC2)c1)N(c1cc([N+](=O)[O-])ccc1C)S(C)(=O)=O. The Bertz CT molecular complexity index is 1150. The zero-order valence-corrected chi connectivity index (χ0v) is 20.7. The fraction of sp³-hybridized carbons (Fsp3) is 0.458. The molecule has 184 valence electrons. The molecule has 10 heteroatoms. The van der Waals surface area contributed by atoms with Gasteiger partial charge in [-0.2, -0.15) is 0 Å². The fourth-order valence-corrected chi connectivity index (χ4v) is 5.59. The van der Waals surface area contributed by atoms with Crippen LogP contribution in [0.3, 0.4) is 0 Å². The molecular weight excluding hydrogens is 456 g/mol. The molecule has 2 aromatic rings. The molecule has 1 unspecified atom stereocenters. The first-order valence-electron chi connectivity index (χ1n) is 11.4. The van der Waals surface area contributed by atoms with Gasteiger partial charge in [0.15, 0.2) is 0 Å². The van der Waals surface area contributed by atoms with Crippen LogP contribution < -0.4 is 9.62 Å². The van der Waals surface area contributed by atoms with Crippen molar-refractivity contribution in [1.29, 1.82) is 0 Å². The third-order valence-corrected chi connectivity index (χ3v) is 7.20. The Morgan fingerprint density at radius 2 is 1.85 bits per heavy atom. The average Bonchev–Trinajstić information content (AvgIpc) is 3.28. The predicted octanol–water partition coefficient (Wildman–Crippen LogP) is 3.36. The Morgan fingerprint density at radius 1 is 1.18 bits per heavy atom. The molecule has 1 aliphatic rings. The maximum atomic E-state index is 13.1. The minimum atomic E-state index is -3.90. The van der Waals surface area contributed by atoms with Crippen molar-refractivity contribution in [3.63, 3.8) is 0 Å². The first-order chi connectivity index (χ1) is 16.1. The van der Waals surface area contributed by atoms with Crippen LogP contribution in [0.5, 0.6) is 0 Å². The maximum Gasteiger partial charge on any atom is 0.271 e. The van der Waals surface area contributed by atoms with Gasteiger partial charge in [-0.1, -0.05) is 37.3 Å². The van der Waals surface area contributed by atoms with Gasteiger partial charge < -0.3 is 5.32 Å². The molecule has 9 nitrogen and oxygen atoms in total. The summed E-state index contributed by atoms with van der Waals surface area (Å²) in [5.74, 6) is -0.455. The number of aryl methyl sites for hydroxylation is 1. The van der Waals surface area contributed by atoms with E-state index in [1.54, 1.807) is 13.8 Å². The van der Waals surface area contributed by atoms with Gasteiger partial charge in [-0.05, 0) is 56.0 Å². The molecule has 1 heterocycles. The van der Waals surface area contributed by atoms with E-state index in [1.807, 2.05) is 12.1 Å². The van der Waals surface area contributed by atoms with Crippen LogP contribution in [0.2, 0.25) is 0 Å². The van der Waals surface area contributed by atoms with E-state index in [2.05, 4.69) is 22.3 Å². The number of nitrogens with one attached hydrogen (secondary N) is 1. The van der Waals surface area contributed by atoms with Crippen LogP contribution in [-0.4, -0.2) is 49.5 Å². The smallest absolute Gasteiger partial charge is 0.271 e. The van der Waals surface area contributed by atoms with Gasteiger partial charge in [0.25, 0.3) is 5.69 Å². The largest absolute Gasteiger partial charge is 0.350 e. The second kappa shape index (κ2) is 11.0. The number of rotatable bonds is 10. The number of non-ortho nitro benzene ring substituents is 1. The van der Waals surface area contributed by atoms with E-state index in [0.717, 1.165) is 35.8 Å². The van der Waals surface area contributed by atoms with Gasteiger partial charge in [-0.15, -0.1) is 0 Å². The topological polar surface area (TPSA) is 113 Å². The number of carbonyl (C=O) groups excluding carboxylic acids is 1. The molecule has 0 bridgehead atoms. The number of nitro groups is 1. The number of benzene rings is 2. The first-order valence-corrected chi connectivity index (χ1v) is 13.3. The molecule has 2 aromatic carbocycles. The average molecular weight is 489 g/mol. The molecular formula is C24H32N4O5S. The fourth-order valence-electron chi connectivity index (χ4n) is 4.33. The summed E-state index contributed by atoms with van der Waals surface area (Å²) in [6.45, 7) is 6.69. The summed E-state index contributed by atoms with van der Waals surface area (Å²) in [4.78, 5) is 26.2. The molecule has 0 aromatic heterocycles. The molecule has 1 fully saturated rings. The van der Waals surface area contributed by atoms with Gasteiger partial charge >= 0.3 is 0 Å². The molecule has 1 amide bonds. The van der Waals surface area contributed by atoms with E-state index < -0.39 is 26.9 Å². The molecule has 1 saturated heterocycles. The predicted molar refractivity (Wildman–Crippen MR) is 132 cm³/mol. The number of anilines is 1. The summed E-state index contributed by atoms with van der Waals surface area (Å²) in [5.41, 5.74) is 2.52. The summed E-state index contributed by atoms with van der Waals surface area (Å²) < 4.78 is 26.4. The summed E-state index contributed by atoms with van der Waals surface area (Å²) >= 11 is 0. The molecule has 0 spiro atoms. The number of hydrogen-bond acceptors (Lipinski definition) is 6. The van der Waals surface area contributed by atoms with Gasteiger partial charge in [0, 0.05) is 25.2 Å². The van der Waals surface area contributed by atoms with E-state index in [4.69, 9.17) is 0 Å². The van der Waals surface area contributed by atoms with Crippen LogP contribution in [0.1, 0.15) is 42.9 Å². The van der Waals surface area contributed by atoms with E-state index in [9.17, 15) is 23.3 Å². The lowest BCUT2D eigenvalue weighted by atomic mass is 10.1. The van der Waals surface area contributed by atoms with Crippen molar-refractivity contribution >= 4 is 27.3 Å². The molecule has 1 N–H and O–H groups in total. The Kier molecular flexibility index (Phi) is 8.27. The lowest BCUT2D eigenvalue weighted by Gasteiger charge is -2.31. The molecule has 1 atom stereocenters. The van der Waals surface area contributed by atoms with E-state index >= 15 is 0 Å². The van der Waals surface area contributed by atoms with Crippen molar-refractivity contribution in [2.75, 3.05) is 23.7 Å². The number of nitro benzene ring substituents is 1. The number of amides is 1. The molecule has 0 saturated carbocycles. The van der Waals surface area contributed by atoms with Crippen LogP contribution in [0.25, 0.3) is 0 Å². The Morgan fingerprint density at radius 3 is 2.47 bits per heavy atom. The summed E-state index contributed by atoms with van der Waals surface area (Å²) in [7, 11) is -3.90. The van der Waals surface area contributed by atoms with E-state index in [-0.39, 0.29) is 24.3 Å². The standard InChI is InChI=1S/C24H32N4O5S/c1-4-22(27(34(3,32)33)23-15-21(28(30)31)11-10-18(23)2)24(29)25-16-19-8-7-9-20(14-19)17-26-12-5-6-13-26/h7-11,14-15,22H,4-6,12-13,16-17H2,1-3H3,(H,25,29). The van der Waals surface area contributed by atoms with E-state index in [0.29, 0.717) is 5.56 Å². The third kappa shape index (κ3) is 6.32. The second-order valence-electron chi connectivity index (χ2n) is 8.73. The minimum absolute atomic E-state index is 0.131. The molecule has 3 rings (SSSR count). The Labute approximate surface area is 201 Å². The van der Waals surface area contributed by atoms with Crippen molar-refractivity contribution in [2.45, 2.75) is 52.2 Å². The van der Waals surface area contributed by atoms with Crippen LogP contribution in [0, 0.1) is 17.0 Å². The zero-order chi connectivity index (χ0) is 24.9. The molecule has 34 heavy (non-hydrogen) atoms. The highest BCUT2D eigenvalue weighted by atomic mass is 32.2. The highest BCUT2D eigenvalue weighted by Gasteiger charge is 2.33. The normalized spacial score (nSPS) is 15.1. The van der Waals surface area contributed by atoms with E-state index in [1.165, 1.54) is 36.6 Å². The monoisotopic (exact) mass is 488 g/mol. The zero-order valence-electron chi connectivity index (χ0n) is 19.9. The van der Waals surface area contributed by atoms with Gasteiger partial charge in [-0.25, -0.2) is 8.42 Å². The van der Waals surface area contributed by atoms with Gasteiger partial charge in [0.2, 0.25) is 15.9 Å². The van der Waals surface area contributed by atoms with Crippen LogP contribution in [0.4, 0.5) is 11.4 Å². The Balaban J connectivity index is 1.79. The highest BCUT2D eigenvalue weighted by molar-refractivity contribution is 7.92. The number of carbonyl (C=O) groups is 1. The highest BCUT2D eigenvalue weighted by Crippen LogP contribution is 2.30. The van der Waals surface area contributed by atoms with Crippen LogP contribution >= 0.6 is 0 Å². The van der Waals surface area contributed by atoms with Crippen molar-refractivity contribution < 1.29 is 18.1 Å². The third-order valence-electron chi connectivity index (χ3n) is 6.03. The van der Waals surface area contributed by atoms with Crippen LogP contribution in [-0.2, 0) is 27.9 Å². The second-order valence-corrected chi connectivity index (χ2v) is 10.6. The number of likely N-dealkylation sites (tertiary alicyclic amines) is 1.